The highest BCUT2D eigenvalue weighted by molar-refractivity contribution is 7.89. The van der Waals surface area contributed by atoms with Crippen molar-refractivity contribution in [3.05, 3.63) is 17.9 Å². The van der Waals surface area contributed by atoms with Gasteiger partial charge >= 0.3 is 0 Å². The van der Waals surface area contributed by atoms with Crippen LogP contribution in [-0.4, -0.2) is 50.7 Å². The van der Waals surface area contributed by atoms with Gasteiger partial charge in [0, 0.05) is 26.1 Å². The number of rotatable bonds is 7. The standard InChI is InChI=1S/C16H21N3O5S/c1-2-9-17-14(20)8-10-18-16(21)13-6-7-15(24-13)25(22,23)19-11-4-3-5-12-19/h1,6-7H,3-5,8-12H2,(H,17,20)(H,18,21). The lowest BCUT2D eigenvalue weighted by Gasteiger charge is -2.24. The summed E-state index contributed by atoms with van der Waals surface area (Å²) in [7, 11) is -3.72. The van der Waals surface area contributed by atoms with Crippen molar-refractivity contribution in [1.29, 1.82) is 0 Å². The van der Waals surface area contributed by atoms with Crippen LogP contribution in [0.25, 0.3) is 0 Å². The summed E-state index contributed by atoms with van der Waals surface area (Å²) in [4.78, 5) is 23.3. The summed E-state index contributed by atoms with van der Waals surface area (Å²) >= 11 is 0. The van der Waals surface area contributed by atoms with Crippen molar-refractivity contribution in [2.75, 3.05) is 26.2 Å². The Kier molecular flexibility index (Phi) is 6.61. The number of nitrogens with zero attached hydrogens (tertiary/aromatic N) is 1. The number of carbonyl (C=O) groups excluding carboxylic acids is 2. The van der Waals surface area contributed by atoms with Gasteiger partial charge in [0.25, 0.3) is 15.9 Å². The summed E-state index contributed by atoms with van der Waals surface area (Å²) < 4.78 is 31.5. The van der Waals surface area contributed by atoms with Gasteiger partial charge in [-0.2, -0.15) is 4.31 Å². The predicted octanol–water partition coefficient (Wildman–Crippen LogP) is 0.324. The van der Waals surface area contributed by atoms with Crippen molar-refractivity contribution in [3.8, 4) is 12.3 Å². The summed E-state index contributed by atoms with van der Waals surface area (Å²) in [6.07, 6.45) is 7.72. The van der Waals surface area contributed by atoms with E-state index in [1.54, 1.807) is 0 Å². The fraction of sp³-hybridized carbons (Fsp3) is 0.500. The first kappa shape index (κ1) is 19.0. The molecule has 8 nitrogen and oxygen atoms in total. The summed E-state index contributed by atoms with van der Waals surface area (Å²) in [5, 5.41) is 4.72. The van der Waals surface area contributed by atoms with Gasteiger partial charge in [0.2, 0.25) is 11.0 Å². The smallest absolute Gasteiger partial charge is 0.287 e. The number of amides is 2. The van der Waals surface area contributed by atoms with E-state index in [9.17, 15) is 18.0 Å². The molecule has 1 saturated heterocycles. The lowest BCUT2D eigenvalue weighted by Crippen LogP contribution is -2.35. The van der Waals surface area contributed by atoms with E-state index < -0.39 is 15.9 Å². The van der Waals surface area contributed by atoms with Gasteiger partial charge < -0.3 is 15.1 Å². The zero-order valence-electron chi connectivity index (χ0n) is 13.8. The van der Waals surface area contributed by atoms with Gasteiger partial charge in [-0.3, -0.25) is 9.59 Å². The lowest BCUT2D eigenvalue weighted by atomic mass is 10.2. The van der Waals surface area contributed by atoms with Crippen molar-refractivity contribution in [1.82, 2.24) is 14.9 Å². The molecule has 0 bridgehead atoms. The lowest BCUT2D eigenvalue weighted by molar-refractivity contribution is -0.120. The van der Waals surface area contributed by atoms with Crippen LogP contribution in [-0.2, 0) is 14.8 Å². The molecule has 0 aliphatic carbocycles. The normalized spacial score (nSPS) is 15.3. The minimum Gasteiger partial charge on any atom is -0.438 e. The molecule has 0 spiro atoms. The molecule has 2 N–H and O–H groups in total. The summed E-state index contributed by atoms with van der Waals surface area (Å²) in [5.74, 6) is 1.30. The highest BCUT2D eigenvalue weighted by atomic mass is 32.2. The van der Waals surface area contributed by atoms with Crippen molar-refractivity contribution < 1.29 is 22.4 Å². The molecule has 25 heavy (non-hydrogen) atoms. The Bertz CT molecular complexity index is 757. The summed E-state index contributed by atoms with van der Waals surface area (Å²) in [5.41, 5.74) is 0. The van der Waals surface area contributed by atoms with Crippen molar-refractivity contribution in [3.63, 3.8) is 0 Å². The first-order valence-corrected chi connectivity index (χ1v) is 9.47. The van der Waals surface area contributed by atoms with E-state index in [2.05, 4.69) is 16.6 Å². The largest absolute Gasteiger partial charge is 0.438 e. The van der Waals surface area contributed by atoms with Crippen LogP contribution in [0.5, 0.6) is 0 Å². The molecule has 1 aromatic rings. The van der Waals surface area contributed by atoms with E-state index >= 15 is 0 Å². The molecule has 0 unspecified atom stereocenters. The molecule has 2 rings (SSSR count). The van der Waals surface area contributed by atoms with Gasteiger partial charge in [-0.25, -0.2) is 8.42 Å². The molecule has 1 aromatic heterocycles. The molecule has 2 amide bonds. The van der Waals surface area contributed by atoms with Crippen LogP contribution in [0.1, 0.15) is 36.2 Å². The summed E-state index contributed by atoms with van der Waals surface area (Å²) in [6, 6.07) is 2.59. The molecule has 1 aliphatic heterocycles. The topological polar surface area (TPSA) is 109 Å². The number of sulfonamides is 1. The number of hydrogen-bond donors (Lipinski definition) is 2. The highest BCUT2D eigenvalue weighted by Crippen LogP contribution is 2.22. The Balaban J connectivity index is 1.90. The van der Waals surface area contributed by atoms with Crippen LogP contribution in [0, 0.1) is 12.3 Å². The minimum atomic E-state index is -3.72. The molecule has 1 aliphatic rings. The monoisotopic (exact) mass is 367 g/mol. The van der Waals surface area contributed by atoms with Gasteiger partial charge in [-0.05, 0) is 25.0 Å². The van der Waals surface area contributed by atoms with E-state index in [0.29, 0.717) is 13.1 Å². The van der Waals surface area contributed by atoms with Gasteiger partial charge in [-0.1, -0.05) is 12.3 Å². The Morgan fingerprint density at radius 1 is 1.20 bits per heavy atom. The Labute approximate surface area is 147 Å². The minimum absolute atomic E-state index is 0.0626. The van der Waals surface area contributed by atoms with Gasteiger partial charge in [-0.15, -0.1) is 6.42 Å². The number of carbonyl (C=O) groups is 2. The molecule has 1 fully saturated rings. The number of terminal acetylenes is 1. The van der Waals surface area contributed by atoms with Crippen molar-refractivity contribution in [2.45, 2.75) is 30.8 Å². The number of furan rings is 1. The van der Waals surface area contributed by atoms with E-state index in [1.165, 1.54) is 16.4 Å². The Morgan fingerprint density at radius 3 is 2.60 bits per heavy atom. The van der Waals surface area contributed by atoms with Crippen molar-refractivity contribution in [2.24, 2.45) is 0 Å². The predicted molar refractivity (Wildman–Crippen MR) is 90.1 cm³/mol. The van der Waals surface area contributed by atoms with Crippen molar-refractivity contribution >= 4 is 21.8 Å². The Hall–Kier alpha value is -2.31. The molecule has 0 radical (unpaired) electrons. The van der Waals surface area contributed by atoms with Crippen LogP contribution >= 0.6 is 0 Å². The van der Waals surface area contributed by atoms with Crippen LogP contribution in [0.15, 0.2) is 21.6 Å². The van der Waals surface area contributed by atoms with E-state index in [4.69, 9.17) is 10.8 Å². The molecule has 9 heteroatoms. The zero-order chi connectivity index (χ0) is 18.3. The first-order valence-electron chi connectivity index (χ1n) is 8.03. The molecule has 2 heterocycles. The molecule has 136 valence electrons. The SMILES string of the molecule is C#CCNC(=O)CCNC(=O)c1ccc(S(=O)(=O)N2CCCCC2)o1. The maximum Gasteiger partial charge on any atom is 0.287 e. The average Bonchev–Trinajstić information content (AvgIpc) is 3.11. The number of piperidine rings is 1. The quantitative estimate of drug-likeness (QED) is 0.675. The fourth-order valence-corrected chi connectivity index (χ4v) is 3.86. The number of nitrogens with one attached hydrogen (secondary N) is 2. The third-order valence-electron chi connectivity index (χ3n) is 3.74. The molecular weight excluding hydrogens is 346 g/mol. The average molecular weight is 367 g/mol. The van der Waals surface area contributed by atoms with Gasteiger partial charge in [0.05, 0.1) is 6.54 Å². The first-order chi connectivity index (χ1) is 11.9. The fourth-order valence-electron chi connectivity index (χ4n) is 2.43. The van der Waals surface area contributed by atoms with E-state index in [0.717, 1.165) is 19.3 Å². The highest BCUT2D eigenvalue weighted by Gasteiger charge is 2.29. The second-order valence-electron chi connectivity index (χ2n) is 5.57. The molecule has 0 aromatic carbocycles. The van der Waals surface area contributed by atoms with Crippen LogP contribution in [0.3, 0.4) is 0 Å². The van der Waals surface area contributed by atoms with E-state index in [1.807, 2.05) is 0 Å². The van der Waals surface area contributed by atoms with Crippen LogP contribution in [0.4, 0.5) is 0 Å². The van der Waals surface area contributed by atoms with Gasteiger partial charge in [0.1, 0.15) is 0 Å². The Morgan fingerprint density at radius 2 is 1.92 bits per heavy atom. The molecule has 0 saturated carbocycles. The number of hydrogen-bond acceptors (Lipinski definition) is 5. The van der Waals surface area contributed by atoms with Crippen LogP contribution in [0.2, 0.25) is 0 Å². The maximum atomic E-state index is 12.5. The summed E-state index contributed by atoms with van der Waals surface area (Å²) in [6.45, 7) is 1.13. The zero-order valence-corrected chi connectivity index (χ0v) is 14.6. The van der Waals surface area contributed by atoms with Crippen LogP contribution < -0.4 is 10.6 Å². The molecule has 0 atom stereocenters. The third kappa shape index (κ3) is 5.08. The second kappa shape index (κ2) is 8.69. The second-order valence-corrected chi connectivity index (χ2v) is 7.44. The maximum absolute atomic E-state index is 12.5. The van der Waals surface area contributed by atoms with Gasteiger partial charge in [0.15, 0.2) is 5.76 Å². The van der Waals surface area contributed by atoms with E-state index in [-0.39, 0.29) is 36.3 Å². The third-order valence-corrected chi connectivity index (χ3v) is 5.51. The molecular formula is C16H21N3O5S.